The first-order chi connectivity index (χ1) is 3.77. The predicted octanol–water partition coefficient (Wildman–Crippen LogP) is 2.06. The van der Waals surface area contributed by atoms with Crippen molar-refractivity contribution in [3.05, 3.63) is 0 Å². The molecule has 0 spiro atoms. The van der Waals surface area contributed by atoms with Gasteiger partial charge in [-0.2, -0.15) is 0 Å². The zero-order valence-electron chi connectivity index (χ0n) is 6.61. The summed E-state index contributed by atoms with van der Waals surface area (Å²) >= 11 is 0. The van der Waals surface area contributed by atoms with Crippen molar-refractivity contribution in [1.82, 2.24) is 5.32 Å². The SMILES string of the molecule is CCCNCC(C)C.Cl. The quantitative estimate of drug-likeness (QED) is 0.607. The van der Waals surface area contributed by atoms with E-state index < -0.39 is 0 Å². The van der Waals surface area contributed by atoms with Crippen LogP contribution in [0.25, 0.3) is 0 Å². The van der Waals surface area contributed by atoms with Crippen molar-refractivity contribution in [3.63, 3.8) is 0 Å². The molecule has 0 saturated carbocycles. The molecule has 0 amide bonds. The first-order valence-corrected chi connectivity index (χ1v) is 3.48. The van der Waals surface area contributed by atoms with E-state index in [1.54, 1.807) is 0 Å². The molecule has 0 aromatic rings. The van der Waals surface area contributed by atoms with Crippen molar-refractivity contribution < 1.29 is 0 Å². The van der Waals surface area contributed by atoms with Gasteiger partial charge in [-0.15, -0.1) is 12.4 Å². The molecule has 0 rings (SSSR count). The molecule has 0 aliphatic rings. The Bertz CT molecular complexity index is 46.2. The maximum Gasteiger partial charge on any atom is -0.00258 e. The molecule has 0 saturated heterocycles. The van der Waals surface area contributed by atoms with Gasteiger partial charge in [0.25, 0.3) is 0 Å². The minimum atomic E-state index is 0. The fraction of sp³-hybridized carbons (Fsp3) is 1.00. The molecule has 1 N–H and O–H groups in total. The smallest absolute Gasteiger partial charge is 0.00258 e. The number of rotatable bonds is 4. The Hall–Kier alpha value is 0.250. The summed E-state index contributed by atoms with van der Waals surface area (Å²) < 4.78 is 0. The Kier molecular flexibility index (Phi) is 11.0. The average Bonchev–Trinajstić information content (AvgIpc) is 1.66. The van der Waals surface area contributed by atoms with Crippen LogP contribution in [0.5, 0.6) is 0 Å². The second kappa shape index (κ2) is 8.25. The van der Waals surface area contributed by atoms with Crippen LogP contribution in [-0.2, 0) is 0 Å². The number of hydrogen-bond acceptors (Lipinski definition) is 1. The van der Waals surface area contributed by atoms with Gasteiger partial charge < -0.3 is 5.32 Å². The molecule has 0 fully saturated rings. The summed E-state index contributed by atoms with van der Waals surface area (Å²) in [4.78, 5) is 0. The van der Waals surface area contributed by atoms with E-state index in [0.29, 0.717) is 0 Å². The highest BCUT2D eigenvalue weighted by molar-refractivity contribution is 5.85. The maximum absolute atomic E-state index is 3.33. The van der Waals surface area contributed by atoms with E-state index >= 15 is 0 Å². The molecular weight excluding hydrogens is 134 g/mol. The van der Waals surface area contributed by atoms with E-state index in [1.807, 2.05) is 0 Å². The van der Waals surface area contributed by atoms with Crippen LogP contribution in [0.4, 0.5) is 0 Å². The third-order valence-corrected chi connectivity index (χ3v) is 0.979. The van der Waals surface area contributed by atoms with Gasteiger partial charge in [-0.05, 0) is 25.4 Å². The van der Waals surface area contributed by atoms with Crippen LogP contribution >= 0.6 is 12.4 Å². The van der Waals surface area contributed by atoms with Gasteiger partial charge in [-0.1, -0.05) is 20.8 Å². The van der Waals surface area contributed by atoms with Crippen LogP contribution in [-0.4, -0.2) is 13.1 Å². The Balaban J connectivity index is 0. The van der Waals surface area contributed by atoms with Crippen LogP contribution in [0.3, 0.4) is 0 Å². The lowest BCUT2D eigenvalue weighted by Crippen LogP contribution is -2.19. The van der Waals surface area contributed by atoms with Gasteiger partial charge in [0.15, 0.2) is 0 Å². The van der Waals surface area contributed by atoms with Crippen LogP contribution in [0.1, 0.15) is 27.2 Å². The topological polar surface area (TPSA) is 12.0 Å². The summed E-state index contributed by atoms with van der Waals surface area (Å²) in [5.74, 6) is 0.793. The van der Waals surface area contributed by atoms with Gasteiger partial charge in [-0.3, -0.25) is 0 Å². The Morgan fingerprint density at radius 3 is 2.22 bits per heavy atom. The molecule has 0 radical (unpaired) electrons. The van der Waals surface area contributed by atoms with Crippen LogP contribution in [0.2, 0.25) is 0 Å². The van der Waals surface area contributed by atoms with Gasteiger partial charge >= 0.3 is 0 Å². The average molecular weight is 152 g/mol. The van der Waals surface area contributed by atoms with Crippen molar-refractivity contribution in [1.29, 1.82) is 0 Å². The van der Waals surface area contributed by atoms with E-state index in [2.05, 4.69) is 26.1 Å². The maximum atomic E-state index is 3.33. The summed E-state index contributed by atoms with van der Waals surface area (Å²) in [6, 6.07) is 0. The van der Waals surface area contributed by atoms with Gasteiger partial charge in [-0.25, -0.2) is 0 Å². The summed E-state index contributed by atoms with van der Waals surface area (Å²) in [7, 11) is 0. The molecule has 0 aromatic heterocycles. The van der Waals surface area contributed by atoms with Gasteiger partial charge in [0.2, 0.25) is 0 Å². The van der Waals surface area contributed by atoms with Crippen molar-refractivity contribution in [2.45, 2.75) is 27.2 Å². The van der Waals surface area contributed by atoms with Crippen LogP contribution in [0.15, 0.2) is 0 Å². The molecule has 0 aliphatic heterocycles. The Morgan fingerprint density at radius 1 is 1.33 bits per heavy atom. The zero-order valence-corrected chi connectivity index (χ0v) is 7.42. The highest BCUT2D eigenvalue weighted by Gasteiger charge is 1.88. The van der Waals surface area contributed by atoms with Gasteiger partial charge in [0.05, 0.1) is 0 Å². The van der Waals surface area contributed by atoms with E-state index in [0.717, 1.165) is 19.0 Å². The molecule has 1 nitrogen and oxygen atoms in total. The van der Waals surface area contributed by atoms with Gasteiger partial charge in [0, 0.05) is 0 Å². The number of halogens is 1. The monoisotopic (exact) mass is 151 g/mol. The molecule has 9 heavy (non-hydrogen) atoms. The zero-order chi connectivity index (χ0) is 6.41. The molecule has 0 bridgehead atoms. The second-order valence-electron chi connectivity index (χ2n) is 2.60. The largest absolute Gasteiger partial charge is 0.316 e. The molecule has 0 atom stereocenters. The summed E-state index contributed by atoms with van der Waals surface area (Å²) in [5.41, 5.74) is 0. The Labute approximate surface area is 64.6 Å². The molecule has 58 valence electrons. The highest BCUT2D eigenvalue weighted by atomic mass is 35.5. The van der Waals surface area contributed by atoms with Crippen molar-refractivity contribution in [2.24, 2.45) is 5.92 Å². The second-order valence-corrected chi connectivity index (χ2v) is 2.60. The third-order valence-electron chi connectivity index (χ3n) is 0.979. The predicted molar refractivity (Wildman–Crippen MR) is 45.2 cm³/mol. The lowest BCUT2D eigenvalue weighted by molar-refractivity contribution is 0.550. The summed E-state index contributed by atoms with van der Waals surface area (Å²) in [6.07, 6.45) is 1.24. The molecular formula is C7H18ClN. The van der Waals surface area contributed by atoms with Crippen molar-refractivity contribution in [2.75, 3.05) is 13.1 Å². The van der Waals surface area contributed by atoms with E-state index in [9.17, 15) is 0 Å². The molecule has 0 heterocycles. The molecule has 0 aliphatic carbocycles. The fourth-order valence-electron chi connectivity index (χ4n) is 0.568. The molecule has 2 heteroatoms. The van der Waals surface area contributed by atoms with Crippen LogP contribution < -0.4 is 5.32 Å². The lowest BCUT2D eigenvalue weighted by Gasteiger charge is -2.03. The van der Waals surface area contributed by atoms with Crippen molar-refractivity contribution in [3.8, 4) is 0 Å². The standard InChI is InChI=1S/C7H17N.ClH/c1-4-5-8-6-7(2)3;/h7-8H,4-6H2,1-3H3;1H. The van der Waals surface area contributed by atoms with Crippen molar-refractivity contribution >= 4 is 12.4 Å². The van der Waals surface area contributed by atoms with E-state index in [1.165, 1.54) is 6.42 Å². The number of nitrogens with one attached hydrogen (secondary N) is 1. The summed E-state index contributed by atoms with van der Waals surface area (Å²) in [6.45, 7) is 8.96. The first kappa shape index (κ1) is 12.0. The minimum Gasteiger partial charge on any atom is -0.316 e. The molecule has 0 aromatic carbocycles. The third kappa shape index (κ3) is 11.7. The minimum absolute atomic E-state index is 0. The first-order valence-electron chi connectivity index (χ1n) is 3.48. The van der Waals surface area contributed by atoms with Gasteiger partial charge in [0.1, 0.15) is 0 Å². The van der Waals surface area contributed by atoms with E-state index in [4.69, 9.17) is 0 Å². The van der Waals surface area contributed by atoms with E-state index in [-0.39, 0.29) is 12.4 Å². The molecule has 0 unspecified atom stereocenters. The highest BCUT2D eigenvalue weighted by Crippen LogP contribution is 1.86. The lowest BCUT2D eigenvalue weighted by atomic mass is 10.2. The normalized spacial score (nSPS) is 9.33. The number of hydrogen-bond donors (Lipinski definition) is 1. The summed E-state index contributed by atoms with van der Waals surface area (Å²) in [5, 5.41) is 3.33. The Morgan fingerprint density at radius 2 is 1.89 bits per heavy atom. The fourth-order valence-corrected chi connectivity index (χ4v) is 0.568. The van der Waals surface area contributed by atoms with Crippen LogP contribution in [0, 0.1) is 5.92 Å².